The van der Waals surface area contributed by atoms with E-state index < -0.39 is 0 Å². The van der Waals surface area contributed by atoms with Gasteiger partial charge in [-0.3, -0.25) is 9.59 Å². The second-order valence-corrected chi connectivity index (χ2v) is 7.47. The van der Waals surface area contributed by atoms with Gasteiger partial charge in [0, 0.05) is 24.3 Å². The van der Waals surface area contributed by atoms with Gasteiger partial charge in [-0.2, -0.15) is 0 Å². The van der Waals surface area contributed by atoms with Crippen molar-refractivity contribution in [2.24, 2.45) is 5.92 Å². The van der Waals surface area contributed by atoms with Gasteiger partial charge >= 0.3 is 0 Å². The highest BCUT2D eigenvalue weighted by Crippen LogP contribution is 2.23. The highest BCUT2D eigenvalue weighted by atomic mass is 16.2. The molecule has 3 rings (SSSR count). The molecule has 1 atom stereocenters. The highest BCUT2D eigenvalue weighted by Gasteiger charge is 2.29. The average molecular weight is 364 g/mol. The fraction of sp³-hybridized carbons (Fsp3) is 0.391. The summed E-state index contributed by atoms with van der Waals surface area (Å²) in [6, 6.07) is 13.8. The lowest BCUT2D eigenvalue weighted by Gasteiger charge is -2.32. The number of amides is 2. The first-order valence-corrected chi connectivity index (χ1v) is 9.74. The number of carbonyl (C=O) groups excluding carboxylic acids is 2. The maximum Gasteiger partial charge on any atom is 0.253 e. The van der Waals surface area contributed by atoms with E-state index in [0.29, 0.717) is 18.7 Å². The van der Waals surface area contributed by atoms with Gasteiger partial charge in [0.15, 0.2) is 0 Å². The minimum atomic E-state index is -0.168. The van der Waals surface area contributed by atoms with E-state index in [0.717, 1.165) is 41.6 Å². The summed E-state index contributed by atoms with van der Waals surface area (Å²) in [6.07, 6.45) is 2.54. The first-order valence-electron chi connectivity index (χ1n) is 9.74. The van der Waals surface area contributed by atoms with E-state index in [-0.39, 0.29) is 17.7 Å². The summed E-state index contributed by atoms with van der Waals surface area (Å²) in [5.74, 6) is -0.138. The van der Waals surface area contributed by atoms with Crippen LogP contribution in [0.1, 0.15) is 46.8 Å². The Kier molecular flexibility index (Phi) is 5.94. The molecule has 4 nitrogen and oxygen atoms in total. The van der Waals surface area contributed by atoms with E-state index >= 15 is 0 Å². The Morgan fingerprint density at radius 3 is 2.52 bits per heavy atom. The quantitative estimate of drug-likeness (QED) is 0.876. The number of nitrogens with zero attached hydrogens (tertiary/aromatic N) is 1. The second-order valence-electron chi connectivity index (χ2n) is 7.47. The molecule has 0 unspecified atom stereocenters. The number of carbonyl (C=O) groups is 2. The number of benzene rings is 2. The van der Waals surface area contributed by atoms with E-state index in [9.17, 15) is 9.59 Å². The molecular formula is C23H28N2O2. The third kappa shape index (κ3) is 4.57. The van der Waals surface area contributed by atoms with Gasteiger partial charge in [0.25, 0.3) is 5.91 Å². The van der Waals surface area contributed by atoms with Crippen molar-refractivity contribution >= 4 is 17.5 Å². The normalized spacial score (nSPS) is 16.9. The summed E-state index contributed by atoms with van der Waals surface area (Å²) >= 11 is 0. The molecule has 0 aromatic heterocycles. The third-order valence-corrected chi connectivity index (χ3v) is 5.20. The van der Waals surface area contributed by atoms with Gasteiger partial charge in [0.2, 0.25) is 5.91 Å². The molecule has 1 saturated heterocycles. The minimum absolute atomic E-state index is 0.00817. The lowest BCUT2D eigenvalue weighted by Crippen LogP contribution is -2.43. The Hall–Kier alpha value is -2.62. The van der Waals surface area contributed by atoms with Crippen LogP contribution in [0, 0.1) is 19.8 Å². The largest absolute Gasteiger partial charge is 0.338 e. The third-order valence-electron chi connectivity index (χ3n) is 5.20. The van der Waals surface area contributed by atoms with E-state index in [2.05, 4.69) is 18.3 Å². The van der Waals surface area contributed by atoms with Crippen molar-refractivity contribution in [3.05, 3.63) is 64.7 Å². The van der Waals surface area contributed by atoms with Crippen molar-refractivity contribution in [3.63, 3.8) is 0 Å². The summed E-state index contributed by atoms with van der Waals surface area (Å²) in [5.41, 5.74) is 4.89. The van der Waals surface area contributed by atoms with Crippen LogP contribution in [-0.2, 0) is 11.2 Å². The molecule has 1 fully saturated rings. The van der Waals surface area contributed by atoms with E-state index in [1.54, 1.807) is 0 Å². The standard InChI is InChI=1S/C23H28N2O2/c1-4-18-8-5-6-10-21(18)24-22(26)19-9-7-11-25(15-19)23(27)20-13-16(2)12-17(3)14-20/h5-6,8,10,12-14,19H,4,7,9,11,15H2,1-3H3,(H,24,26)/t19-/m0/s1. The molecule has 2 amide bonds. The van der Waals surface area contributed by atoms with Crippen LogP contribution in [0.5, 0.6) is 0 Å². The number of nitrogens with one attached hydrogen (secondary N) is 1. The van der Waals surface area contributed by atoms with Crippen molar-refractivity contribution < 1.29 is 9.59 Å². The maximum absolute atomic E-state index is 12.9. The first kappa shape index (κ1) is 19.2. The summed E-state index contributed by atoms with van der Waals surface area (Å²) in [4.78, 5) is 27.6. The van der Waals surface area contributed by atoms with Gasteiger partial charge in [-0.05, 0) is 56.9 Å². The molecule has 1 N–H and O–H groups in total. The summed E-state index contributed by atoms with van der Waals surface area (Å²) in [6.45, 7) is 7.27. The van der Waals surface area contributed by atoms with Gasteiger partial charge in [0.05, 0.1) is 5.92 Å². The number of likely N-dealkylation sites (tertiary alicyclic amines) is 1. The number of hydrogen-bond acceptors (Lipinski definition) is 2. The molecule has 4 heteroatoms. The molecule has 142 valence electrons. The number of anilines is 1. The Morgan fingerprint density at radius 1 is 1.11 bits per heavy atom. The van der Waals surface area contributed by atoms with Crippen LogP contribution in [0.2, 0.25) is 0 Å². The molecule has 0 bridgehead atoms. The summed E-state index contributed by atoms with van der Waals surface area (Å²) < 4.78 is 0. The van der Waals surface area contributed by atoms with Crippen LogP contribution < -0.4 is 5.32 Å². The van der Waals surface area contributed by atoms with Crippen LogP contribution in [0.3, 0.4) is 0 Å². The lowest BCUT2D eigenvalue weighted by atomic mass is 9.95. The van der Waals surface area contributed by atoms with Crippen LogP contribution in [0.15, 0.2) is 42.5 Å². The number of hydrogen-bond donors (Lipinski definition) is 1. The molecule has 1 aliphatic rings. The number of piperidine rings is 1. The molecule has 0 aliphatic carbocycles. The molecule has 2 aromatic rings. The van der Waals surface area contributed by atoms with Gasteiger partial charge in [0.1, 0.15) is 0 Å². The Balaban J connectivity index is 1.70. The van der Waals surface area contributed by atoms with Gasteiger partial charge in [-0.15, -0.1) is 0 Å². The Bertz CT molecular complexity index is 824. The van der Waals surface area contributed by atoms with E-state index in [1.807, 2.05) is 55.1 Å². The summed E-state index contributed by atoms with van der Waals surface area (Å²) in [5, 5.41) is 3.07. The fourth-order valence-corrected chi connectivity index (χ4v) is 3.84. The molecule has 0 radical (unpaired) electrons. The number of para-hydroxylation sites is 1. The number of aryl methyl sites for hydroxylation is 3. The molecular weight excluding hydrogens is 336 g/mol. The second kappa shape index (κ2) is 8.38. The fourth-order valence-electron chi connectivity index (χ4n) is 3.84. The molecule has 2 aromatic carbocycles. The smallest absolute Gasteiger partial charge is 0.253 e. The zero-order valence-electron chi connectivity index (χ0n) is 16.4. The predicted molar refractivity (Wildman–Crippen MR) is 109 cm³/mol. The van der Waals surface area contributed by atoms with Crippen LogP contribution in [0.4, 0.5) is 5.69 Å². The Morgan fingerprint density at radius 2 is 1.81 bits per heavy atom. The minimum Gasteiger partial charge on any atom is -0.338 e. The lowest BCUT2D eigenvalue weighted by molar-refractivity contribution is -0.121. The van der Waals surface area contributed by atoms with Crippen LogP contribution >= 0.6 is 0 Å². The van der Waals surface area contributed by atoms with Crippen molar-refractivity contribution in [3.8, 4) is 0 Å². The topological polar surface area (TPSA) is 49.4 Å². The SMILES string of the molecule is CCc1ccccc1NC(=O)[C@H]1CCCN(C(=O)c2cc(C)cc(C)c2)C1. The molecule has 0 saturated carbocycles. The number of rotatable bonds is 4. The van der Waals surface area contributed by atoms with Crippen molar-refractivity contribution in [1.29, 1.82) is 0 Å². The van der Waals surface area contributed by atoms with Crippen LogP contribution in [0.25, 0.3) is 0 Å². The molecule has 27 heavy (non-hydrogen) atoms. The molecule has 0 spiro atoms. The van der Waals surface area contributed by atoms with Crippen LogP contribution in [-0.4, -0.2) is 29.8 Å². The maximum atomic E-state index is 12.9. The Labute approximate surface area is 161 Å². The molecule has 1 aliphatic heterocycles. The van der Waals surface area contributed by atoms with E-state index in [4.69, 9.17) is 0 Å². The van der Waals surface area contributed by atoms with Gasteiger partial charge in [-0.1, -0.05) is 42.3 Å². The van der Waals surface area contributed by atoms with Crippen molar-refractivity contribution in [1.82, 2.24) is 4.90 Å². The highest BCUT2D eigenvalue weighted by molar-refractivity contribution is 5.96. The van der Waals surface area contributed by atoms with Gasteiger partial charge < -0.3 is 10.2 Å². The van der Waals surface area contributed by atoms with Crippen molar-refractivity contribution in [2.75, 3.05) is 18.4 Å². The summed E-state index contributed by atoms with van der Waals surface area (Å²) in [7, 11) is 0. The monoisotopic (exact) mass is 364 g/mol. The van der Waals surface area contributed by atoms with E-state index in [1.165, 1.54) is 0 Å². The first-order chi connectivity index (χ1) is 13.0. The average Bonchev–Trinajstić information content (AvgIpc) is 2.67. The molecule has 1 heterocycles. The zero-order chi connectivity index (χ0) is 19.4. The predicted octanol–water partition coefficient (Wildman–Crippen LogP) is 4.36. The zero-order valence-corrected chi connectivity index (χ0v) is 16.4. The van der Waals surface area contributed by atoms with Gasteiger partial charge in [-0.25, -0.2) is 0 Å². The van der Waals surface area contributed by atoms with Crippen molar-refractivity contribution in [2.45, 2.75) is 40.0 Å².